The second-order valence-corrected chi connectivity index (χ2v) is 11.9. The van der Waals surface area contributed by atoms with Crippen molar-refractivity contribution in [1.82, 2.24) is 19.4 Å². The Labute approximate surface area is 241 Å². The summed E-state index contributed by atoms with van der Waals surface area (Å²) in [6.07, 6.45) is 6.88. The van der Waals surface area contributed by atoms with Gasteiger partial charge >= 0.3 is 5.97 Å². The fourth-order valence-corrected chi connectivity index (χ4v) is 6.83. The molecule has 212 valence electrons. The van der Waals surface area contributed by atoms with Crippen LogP contribution in [0.25, 0.3) is 11.0 Å². The van der Waals surface area contributed by atoms with Crippen molar-refractivity contribution in [1.29, 1.82) is 0 Å². The SMILES string of the molecule is COC(=O)c1ccc2nc(CN3CCC(c4cccc(C5CCc6ccccc6C5)n4)CC3)n(CC3CCO3)c2c1. The Bertz CT molecular complexity index is 1550. The lowest BCUT2D eigenvalue weighted by Gasteiger charge is -2.32. The van der Waals surface area contributed by atoms with E-state index in [1.54, 1.807) is 6.07 Å². The van der Waals surface area contributed by atoms with Crippen molar-refractivity contribution in [2.75, 3.05) is 26.8 Å². The smallest absolute Gasteiger partial charge is 0.337 e. The molecule has 0 spiro atoms. The molecule has 7 heteroatoms. The molecule has 2 aromatic heterocycles. The lowest BCUT2D eigenvalue weighted by Crippen LogP contribution is -2.35. The maximum atomic E-state index is 12.2. The van der Waals surface area contributed by atoms with Crippen LogP contribution in [0.2, 0.25) is 0 Å². The Morgan fingerprint density at radius 3 is 2.46 bits per heavy atom. The van der Waals surface area contributed by atoms with Crippen molar-refractivity contribution in [3.8, 4) is 0 Å². The highest BCUT2D eigenvalue weighted by molar-refractivity contribution is 5.93. The Kier molecular flexibility index (Phi) is 7.31. The van der Waals surface area contributed by atoms with Crippen LogP contribution in [-0.2, 0) is 35.4 Å². The van der Waals surface area contributed by atoms with Crippen molar-refractivity contribution < 1.29 is 14.3 Å². The van der Waals surface area contributed by atoms with Gasteiger partial charge in [-0.1, -0.05) is 30.3 Å². The molecule has 3 aliphatic rings. The molecule has 0 radical (unpaired) electrons. The van der Waals surface area contributed by atoms with E-state index in [0.717, 1.165) is 81.7 Å². The van der Waals surface area contributed by atoms with Crippen LogP contribution in [0.15, 0.2) is 60.7 Å². The number of hydrogen-bond donors (Lipinski definition) is 0. The molecule has 2 saturated heterocycles. The van der Waals surface area contributed by atoms with Crippen LogP contribution in [0.5, 0.6) is 0 Å². The van der Waals surface area contributed by atoms with Gasteiger partial charge in [-0.3, -0.25) is 9.88 Å². The molecule has 0 N–H and O–H groups in total. The van der Waals surface area contributed by atoms with Crippen molar-refractivity contribution in [2.24, 2.45) is 0 Å². The standard InChI is InChI=1S/C34H38N4O3/c1-40-34(39)27-11-12-31-32(20-27)38(21-28-15-18-41-28)33(36-31)22-37-16-13-24(14-17-37)29-7-4-8-30(35-29)26-10-9-23-5-2-3-6-25(23)19-26/h2-8,11-12,20,24,26,28H,9-10,13-19,21-22H2,1H3. The number of rotatable bonds is 7. The van der Waals surface area contributed by atoms with Gasteiger partial charge in [-0.25, -0.2) is 9.78 Å². The largest absolute Gasteiger partial charge is 0.465 e. The monoisotopic (exact) mass is 550 g/mol. The molecule has 41 heavy (non-hydrogen) atoms. The molecule has 4 heterocycles. The number of pyridine rings is 1. The molecule has 2 atom stereocenters. The number of aromatic nitrogens is 3. The summed E-state index contributed by atoms with van der Waals surface area (Å²) in [5.74, 6) is 1.71. The van der Waals surface area contributed by atoms with Crippen molar-refractivity contribution in [3.63, 3.8) is 0 Å². The second-order valence-electron chi connectivity index (χ2n) is 11.9. The van der Waals surface area contributed by atoms with E-state index in [-0.39, 0.29) is 12.1 Å². The highest BCUT2D eigenvalue weighted by Gasteiger charge is 2.27. The predicted molar refractivity (Wildman–Crippen MR) is 158 cm³/mol. The molecule has 0 saturated carbocycles. The van der Waals surface area contributed by atoms with Crippen LogP contribution in [0.4, 0.5) is 0 Å². The zero-order chi connectivity index (χ0) is 27.8. The van der Waals surface area contributed by atoms with Gasteiger partial charge in [0.2, 0.25) is 0 Å². The minimum atomic E-state index is -0.325. The van der Waals surface area contributed by atoms with Crippen LogP contribution in [-0.4, -0.2) is 58.3 Å². The van der Waals surface area contributed by atoms with Gasteiger partial charge in [0.05, 0.1) is 42.9 Å². The number of carbonyl (C=O) groups is 1. The number of piperidine rings is 1. The summed E-state index contributed by atoms with van der Waals surface area (Å²) < 4.78 is 13.0. The van der Waals surface area contributed by atoms with E-state index in [2.05, 4.69) is 51.9 Å². The van der Waals surface area contributed by atoms with Crippen LogP contribution in [0, 0.1) is 0 Å². The third-order valence-corrected chi connectivity index (χ3v) is 9.36. The number of hydrogen-bond acceptors (Lipinski definition) is 6. The van der Waals surface area contributed by atoms with Crippen molar-refractivity contribution >= 4 is 17.0 Å². The minimum Gasteiger partial charge on any atom is -0.465 e. The number of benzene rings is 2. The molecule has 0 amide bonds. The fourth-order valence-electron chi connectivity index (χ4n) is 6.83. The van der Waals surface area contributed by atoms with E-state index in [1.807, 2.05) is 12.1 Å². The molecule has 2 unspecified atom stereocenters. The summed E-state index contributed by atoms with van der Waals surface area (Å²) in [5.41, 5.74) is 7.94. The molecule has 1 aliphatic carbocycles. The lowest BCUT2D eigenvalue weighted by molar-refractivity contribution is -0.0592. The van der Waals surface area contributed by atoms with E-state index in [9.17, 15) is 4.79 Å². The Hall–Kier alpha value is -3.55. The maximum Gasteiger partial charge on any atom is 0.337 e. The first-order valence-electron chi connectivity index (χ1n) is 15.1. The van der Waals surface area contributed by atoms with Gasteiger partial charge in [0, 0.05) is 29.8 Å². The zero-order valence-corrected chi connectivity index (χ0v) is 23.8. The van der Waals surface area contributed by atoms with Gasteiger partial charge in [-0.05, 0) is 93.1 Å². The zero-order valence-electron chi connectivity index (χ0n) is 23.8. The summed E-state index contributed by atoms with van der Waals surface area (Å²) in [6, 6.07) is 21.2. The number of likely N-dealkylation sites (tertiary alicyclic amines) is 1. The third-order valence-electron chi connectivity index (χ3n) is 9.36. The summed E-state index contributed by atoms with van der Waals surface area (Å²) in [4.78, 5) is 25.0. The number of nitrogens with zero attached hydrogens (tertiary/aromatic N) is 4. The number of aryl methyl sites for hydroxylation is 1. The average Bonchev–Trinajstić information content (AvgIpc) is 3.34. The third kappa shape index (κ3) is 5.41. The minimum absolute atomic E-state index is 0.203. The average molecular weight is 551 g/mol. The molecule has 2 fully saturated rings. The molecule has 0 bridgehead atoms. The first-order valence-corrected chi connectivity index (χ1v) is 15.1. The fraction of sp³-hybridized carbons (Fsp3) is 0.441. The van der Waals surface area contributed by atoms with Gasteiger partial charge in [0.15, 0.2) is 0 Å². The normalized spacial score (nSPS) is 21.4. The Balaban J connectivity index is 1.04. The van der Waals surface area contributed by atoms with E-state index in [0.29, 0.717) is 17.4 Å². The maximum absolute atomic E-state index is 12.2. The van der Waals surface area contributed by atoms with Gasteiger partial charge < -0.3 is 14.0 Å². The molecule has 2 aliphatic heterocycles. The van der Waals surface area contributed by atoms with Gasteiger partial charge in [0.1, 0.15) is 5.82 Å². The molecule has 7 nitrogen and oxygen atoms in total. The summed E-state index contributed by atoms with van der Waals surface area (Å²) >= 11 is 0. The van der Waals surface area contributed by atoms with Crippen LogP contribution < -0.4 is 0 Å². The molecule has 7 rings (SSSR count). The topological polar surface area (TPSA) is 69.5 Å². The molecular weight excluding hydrogens is 512 g/mol. The Morgan fingerprint density at radius 2 is 1.71 bits per heavy atom. The van der Waals surface area contributed by atoms with Crippen LogP contribution in [0.3, 0.4) is 0 Å². The number of esters is 1. The number of methoxy groups -OCH3 is 1. The van der Waals surface area contributed by atoms with Gasteiger partial charge in [0.25, 0.3) is 0 Å². The number of imidazole rings is 1. The van der Waals surface area contributed by atoms with Gasteiger partial charge in [-0.2, -0.15) is 0 Å². The molecular formula is C34H38N4O3. The highest BCUT2D eigenvalue weighted by Crippen LogP contribution is 2.34. The Morgan fingerprint density at radius 1 is 0.927 bits per heavy atom. The van der Waals surface area contributed by atoms with E-state index < -0.39 is 0 Å². The highest BCUT2D eigenvalue weighted by atomic mass is 16.5. The van der Waals surface area contributed by atoms with Crippen LogP contribution in [0.1, 0.15) is 76.2 Å². The van der Waals surface area contributed by atoms with Crippen molar-refractivity contribution in [2.45, 2.75) is 69.6 Å². The predicted octanol–water partition coefficient (Wildman–Crippen LogP) is 5.66. The summed E-state index contributed by atoms with van der Waals surface area (Å²) in [5, 5.41) is 0. The van der Waals surface area contributed by atoms with Crippen molar-refractivity contribution in [3.05, 3.63) is 94.6 Å². The quantitative estimate of drug-likeness (QED) is 0.277. The summed E-state index contributed by atoms with van der Waals surface area (Å²) in [6.45, 7) is 4.40. The van der Waals surface area contributed by atoms with E-state index >= 15 is 0 Å². The second kappa shape index (κ2) is 11.4. The van der Waals surface area contributed by atoms with E-state index in [1.165, 1.54) is 36.0 Å². The van der Waals surface area contributed by atoms with E-state index in [4.69, 9.17) is 19.4 Å². The summed E-state index contributed by atoms with van der Waals surface area (Å²) in [7, 11) is 1.42. The first-order chi connectivity index (χ1) is 20.1. The number of carbonyl (C=O) groups excluding carboxylic acids is 1. The molecule has 4 aromatic rings. The molecule has 2 aromatic carbocycles. The van der Waals surface area contributed by atoms with Crippen LogP contribution >= 0.6 is 0 Å². The first kappa shape index (κ1) is 26.4. The lowest BCUT2D eigenvalue weighted by atomic mass is 9.82. The van der Waals surface area contributed by atoms with Gasteiger partial charge in [-0.15, -0.1) is 0 Å². The number of ether oxygens (including phenoxy) is 2. The number of fused-ring (bicyclic) bond motifs is 2.